The summed E-state index contributed by atoms with van der Waals surface area (Å²) in [6, 6.07) is 1.75. The Labute approximate surface area is 101 Å². The molecule has 0 radical (unpaired) electrons. The van der Waals surface area contributed by atoms with E-state index in [1.807, 2.05) is 0 Å². The summed E-state index contributed by atoms with van der Waals surface area (Å²) in [6.45, 7) is 0. The Balaban J connectivity index is 2.34. The summed E-state index contributed by atoms with van der Waals surface area (Å²) in [7, 11) is 1.79. The Morgan fingerprint density at radius 3 is 2.94 bits per heavy atom. The molecule has 90 valence electrons. The number of hydrogen-bond acceptors (Lipinski definition) is 5. The Bertz CT molecular complexity index is 788. The molecule has 0 unspecified atom stereocenters. The van der Waals surface area contributed by atoms with E-state index in [1.165, 1.54) is 6.33 Å². The molecule has 0 amide bonds. The number of imidazole rings is 1. The molecule has 0 aliphatic rings. The number of fused-ring (bicyclic) bond motifs is 1. The maximum atomic E-state index is 11.6. The SMILES string of the molecule is Cn1c(-c2cncc(N)c2)nc2c(=O)[nH]cnc21. The molecule has 0 saturated heterocycles. The van der Waals surface area contributed by atoms with Crippen molar-refractivity contribution in [3.05, 3.63) is 35.1 Å². The topological polar surface area (TPSA) is 102 Å². The summed E-state index contributed by atoms with van der Waals surface area (Å²) in [5, 5.41) is 0. The van der Waals surface area contributed by atoms with Crippen LogP contribution in [0, 0.1) is 0 Å². The molecule has 18 heavy (non-hydrogen) atoms. The Kier molecular flexibility index (Phi) is 2.12. The van der Waals surface area contributed by atoms with Gasteiger partial charge in [-0.1, -0.05) is 0 Å². The van der Waals surface area contributed by atoms with E-state index in [0.29, 0.717) is 22.7 Å². The molecule has 0 aliphatic carbocycles. The van der Waals surface area contributed by atoms with Gasteiger partial charge < -0.3 is 15.3 Å². The molecule has 0 saturated carbocycles. The second kappa shape index (κ2) is 3.66. The highest BCUT2D eigenvalue weighted by Gasteiger charge is 2.13. The number of H-pyrrole nitrogens is 1. The highest BCUT2D eigenvalue weighted by atomic mass is 16.1. The summed E-state index contributed by atoms with van der Waals surface area (Å²) >= 11 is 0. The number of nitrogen functional groups attached to an aromatic ring is 1. The molecule has 3 rings (SSSR count). The second-order valence-electron chi connectivity index (χ2n) is 3.91. The number of nitrogens with zero attached hydrogens (tertiary/aromatic N) is 4. The lowest BCUT2D eigenvalue weighted by atomic mass is 10.2. The number of nitrogens with two attached hydrogens (primary N) is 1. The first-order valence-corrected chi connectivity index (χ1v) is 5.28. The zero-order chi connectivity index (χ0) is 12.7. The van der Waals surface area contributed by atoms with E-state index in [2.05, 4.69) is 19.9 Å². The van der Waals surface area contributed by atoms with Crippen LogP contribution in [0.25, 0.3) is 22.6 Å². The number of aromatic amines is 1. The van der Waals surface area contributed by atoms with Crippen molar-refractivity contribution >= 4 is 16.9 Å². The van der Waals surface area contributed by atoms with Crippen molar-refractivity contribution in [2.24, 2.45) is 7.05 Å². The van der Waals surface area contributed by atoms with Gasteiger partial charge in [0.25, 0.3) is 5.56 Å². The van der Waals surface area contributed by atoms with Gasteiger partial charge in [-0.15, -0.1) is 0 Å². The number of pyridine rings is 1. The highest BCUT2D eigenvalue weighted by Crippen LogP contribution is 2.21. The summed E-state index contributed by atoms with van der Waals surface area (Å²) in [4.78, 5) is 26.5. The zero-order valence-electron chi connectivity index (χ0n) is 9.58. The van der Waals surface area contributed by atoms with E-state index < -0.39 is 0 Å². The second-order valence-corrected chi connectivity index (χ2v) is 3.91. The molecule has 7 heteroatoms. The van der Waals surface area contributed by atoms with E-state index in [1.54, 1.807) is 30.1 Å². The molecular formula is C11H10N6O. The average molecular weight is 242 g/mol. The van der Waals surface area contributed by atoms with Gasteiger partial charge in [-0.3, -0.25) is 9.78 Å². The van der Waals surface area contributed by atoms with Crippen molar-refractivity contribution in [3.63, 3.8) is 0 Å². The lowest BCUT2D eigenvalue weighted by molar-refractivity contribution is 0.936. The monoisotopic (exact) mass is 242 g/mol. The third-order valence-corrected chi connectivity index (χ3v) is 2.68. The molecule has 0 spiro atoms. The first kappa shape index (κ1) is 10.5. The molecule has 3 heterocycles. The molecule has 0 fully saturated rings. The van der Waals surface area contributed by atoms with Crippen LogP contribution in [0.2, 0.25) is 0 Å². The quantitative estimate of drug-likeness (QED) is 0.639. The average Bonchev–Trinajstić information content (AvgIpc) is 2.69. The van der Waals surface area contributed by atoms with E-state index >= 15 is 0 Å². The van der Waals surface area contributed by atoms with Crippen molar-refractivity contribution in [2.75, 3.05) is 5.73 Å². The predicted octanol–water partition coefficient (Wildman–Crippen LogP) is 0.301. The predicted molar refractivity (Wildman–Crippen MR) is 66.8 cm³/mol. The Morgan fingerprint density at radius 2 is 2.22 bits per heavy atom. The van der Waals surface area contributed by atoms with Gasteiger partial charge in [0.05, 0.1) is 12.0 Å². The van der Waals surface area contributed by atoms with Crippen LogP contribution in [0.1, 0.15) is 0 Å². The van der Waals surface area contributed by atoms with Gasteiger partial charge in [0, 0.05) is 25.0 Å². The van der Waals surface area contributed by atoms with Crippen LogP contribution in [0.15, 0.2) is 29.6 Å². The van der Waals surface area contributed by atoms with Crippen LogP contribution in [0.5, 0.6) is 0 Å². The van der Waals surface area contributed by atoms with Gasteiger partial charge in [0.1, 0.15) is 5.82 Å². The van der Waals surface area contributed by atoms with Gasteiger partial charge in [0.2, 0.25) is 0 Å². The summed E-state index contributed by atoms with van der Waals surface area (Å²) in [5.41, 5.74) is 7.54. The fourth-order valence-corrected chi connectivity index (χ4v) is 1.85. The molecule has 7 nitrogen and oxygen atoms in total. The molecule has 0 aliphatic heterocycles. The van der Waals surface area contributed by atoms with E-state index in [0.717, 1.165) is 5.56 Å². The molecular weight excluding hydrogens is 232 g/mol. The highest BCUT2D eigenvalue weighted by molar-refractivity contribution is 5.76. The molecule has 0 bridgehead atoms. The standard InChI is InChI=1S/C11H10N6O/c1-17-9(6-2-7(12)4-13-3-6)16-8-10(17)14-5-15-11(8)18/h2-5H,12H2,1H3,(H,14,15,18). The number of nitrogens with one attached hydrogen (secondary N) is 1. The van der Waals surface area contributed by atoms with Gasteiger partial charge in [-0.05, 0) is 6.07 Å². The minimum atomic E-state index is -0.265. The van der Waals surface area contributed by atoms with Crippen LogP contribution < -0.4 is 11.3 Å². The lowest BCUT2D eigenvalue weighted by Crippen LogP contribution is -2.06. The lowest BCUT2D eigenvalue weighted by Gasteiger charge is -2.01. The largest absolute Gasteiger partial charge is 0.397 e. The molecule has 3 aromatic rings. The minimum absolute atomic E-state index is 0.265. The van der Waals surface area contributed by atoms with E-state index in [4.69, 9.17) is 5.73 Å². The molecule has 0 atom stereocenters. The van der Waals surface area contributed by atoms with Crippen molar-refractivity contribution in [1.82, 2.24) is 24.5 Å². The molecule has 3 aromatic heterocycles. The number of aryl methyl sites for hydroxylation is 1. The fourth-order valence-electron chi connectivity index (χ4n) is 1.85. The van der Waals surface area contributed by atoms with Gasteiger partial charge in [-0.25, -0.2) is 9.97 Å². The van der Waals surface area contributed by atoms with Crippen LogP contribution >= 0.6 is 0 Å². The van der Waals surface area contributed by atoms with Crippen molar-refractivity contribution in [2.45, 2.75) is 0 Å². The molecule has 0 aromatic carbocycles. The number of rotatable bonds is 1. The van der Waals surface area contributed by atoms with E-state index in [-0.39, 0.29) is 5.56 Å². The third kappa shape index (κ3) is 1.45. The third-order valence-electron chi connectivity index (χ3n) is 2.68. The maximum Gasteiger partial charge on any atom is 0.278 e. The summed E-state index contributed by atoms with van der Waals surface area (Å²) < 4.78 is 1.74. The van der Waals surface area contributed by atoms with Gasteiger partial charge in [-0.2, -0.15) is 0 Å². The Morgan fingerprint density at radius 1 is 1.39 bits per heavy atom. The van der Waals surface area contributed by atoms with Crippen molar-refractivity contribution in [3.8, 4) is 11.4 Å². The van der Waals surface area contributed by atoms with Crippen LogP contribution in [0.4, 0.5) is 5.69 Å². The summed E-state index contributed by atoms with van der Waals surface area (Å²) in [5.74, 6) is 0.606. The minimum Gasteiger partial charge on any atom is -0.397 e. The van der Waals surface area contributed by atoms with Crippen molar-refractivity contribution in [1.29, 1.82) is 0 Å². The van der Waals surface area contributed by atoms with Crippen LogP contribution in [0.3, 0.4) is 0 Å². The van der Waals surface area contributed by atoms with E-state index in [9.17, 15) is 4.79 Å². The van der Waals surface area contributed by atoms with Crippen molar-refractivity contribution < 1.29 is 0 Å². The van der Waals surface area contributed by atoms with Crippen LogP contribution in [-0.4, -0.2) is 24.5 Å². The van der Waals surface area contributed by atoms with Gasteiger partial charge >= 0.3 is 0 Å². The number of hydrogen-bond donors (Lipinski definition) is 2. The first-order chi connectivity index (χ1) is 8.66. The zero-order valence-corrected chi connectivity index (χ0v) is 9.58. The fraction of sp³-hybridized carbons (Fsp3) is 0.0909. The number of anilines is 1. The summed E-state index contributed by atoms with van der Waals surface area (Å²) in [6.07, 6.45) is 4.55. The smallest absolute Gasteiger partial charge is 0.278 e. The number of aromatic nitrogens is 5. The molecule has 3 N–H and O–H groups in total. The first-order valence-electron chi connectivity index (χ1n) is 5.28. The Hall–Kier alpha value is -2.70. The van der Waals surface area contributed by atoms with Gasteiger partial charge in [0.15, 0.2) is 11.2 Å². The van der Waals surface area contributed by atoms with Crippen LogP contribution in [-0.2, 0) is 7.05 Å². The maximum absolute atomic E-state index is 11.6. The normalized spacial score (nSPS) is 10.9.